The van der Waals surface area contributed by atoms with E-state index in [1.807, 2.05) is 80.6 Å². The number of rotatable bonds is 7. The fraction of sp³-hybridized carbons (Fsp3) is 0.296. The number of likely N-dealkylation sites (N-methyl/N-ethyl adjacent to an activating group) is 1. The smallest absolute Gasteiger partial charge is 0.333 e. The number of hydrogen-bond donors (Lipinski definition) is 0. The molecule has 0 saturated carbocycles. The zero-order valence-corrected chi connectivity index (χ0v) is 21.9. The third-order valence-corrected chi connectivity index (χ3v) is 6.56. The zero-order chi connectivity index (χ0) is 26.3. The molecule has 5 aromatic rings. The van der Waals surface area contributed by atoms with Crippen LogP contribution in [-0.2, 0) is 11.8 Å². The summed E-state index contributed by atoms with van der Waals surface area (Å²) >= 11 is 0. The van der Waals surface area contributed by atoms with Crippen molar-refractivity contribution in [3.8, 4) is 16.8 Å². The third-order valence-electron chi connectivity index (χ3n) is 6.56. The highest BCUT2D eigenvalue weighted by atomic mass is 16.5. The summed E-state index contributed by atoms with van der Waals surface area (Å²) in [5, 5.41) is 0.866. The summed E-state index contributed by atoms with van der Waals surface area (Å²) in [5.41, 5.74) is 5.49. The van der Waals surface area contributed by atoms with Crippen molar-refractivity contribution in [2.75, 3.05) is 51.2 Å². The van der Waals surface area contributed by atoms with Crippen LogP contribution in [-0.4, -0.2) is 70.5 Å². The highest BCUT2D eigenvalue weighted by molar-refractivity contribution is 6.04. The lowest BCUT2D eigenvalue weighted by molar-refractivity contribution is 0.206. The standard InChI is InChI=1S/C27H30N8O2/c1-17-22(9-10-24(31-17)33(4)11-12-37-6)35-25-20-13-18(19-14-29-26(30-15-19)32(2)3)7-8-21(20)28-16-23(25)34(5)27(35)36/h7-10,13-16H,11-12H2,1-6H3. The molecule has 5 rings (SSSR count). The van der Waals surface area contributed by atoms with Crippen LogP contribution in [0.5, 0.6) is 0 Å². The number of hydrogen-bond acceptors (Lipinski definition) is 8. The second-order valence-corrected chi connectivity index (χ2v) is 9.26. The zero-order valence-electron chi connectivity index (χ0n) is 21.9. The predicted molar refractivity (Wildman–Crippen MR) is 147 cm³/mol. The summed E-state index contributed by atoms with van der Waals surface area (Å²) in [4.78, 5) is 35.7. The maximum atomic E-state index is 13.5. The minimum Gasteiger partial charge on any atom is -0.383 e. The van der Waals surface area contributed by atoms with Gasteiger partial charge in [-0.1, -0.05) is 6.07 Å². The minimum atomic E-state index is -0.154. The highest BCUT2D eigenvalue weighted by Gasteiger charge is 2.19. The number of pyridine rings is 2. The molecule has 4 heterocycles. The van der Waals surface area contributed by atoms with Gasteiger partial charge >= 0.3 is 5.69 Å². The average molecular weight is 499 g/mol. The lowest BCUT2D eigenvalue weighted by Gasteiger charge is -2.19. The molecular formula is C27H30N8O2. The van der Waals surface area contributed by atoms with Crippen molar-refractivity contribution in [3.05, 3.63) is 65.1 Å². The normalized spacial score (nSPS) is 11.4. The Labute approximate surface area is 214 Å². The molecule has 0 atom stereocenters. The molecule has 0 spiro atoms. The maximum absolute atomic E-state index is 13.5. The SMILES string of the molecule is COCCN(C)c1ccc(-n2c(=O)n(C)c3cnc4ccc(-c5cnc(N(C)C)nc5)cc4c32)c(C)n1. The first-order chi connectivity index (χ1) is 17.8. The van der Waals surface area contributed by atoms with Crippen LogP contribution in [0.4, 0.5) is 11.8 Å². The number of fused-ring (bicyclic) bond motifs is 3. The minimum absolute atomic E-state index is 0.154. The summed E-state index contributed by atoms with van der Waals surface area (Å²) in [6, 6.07) is 9.89. The van der Waals surface area contributed by atoms with Crippen molar-refractivity contribution in [2.24, 2.45) is 7.05 Å². The number of methoxy groups -OCH3 is 1. The van der Waals surface area contributed by atoms with Gasteiger partial charge in [-0.15, -0.1) is 0 Å². The number of imidazole rings is 1. The summed E-state index contributed by atoms with van der Waals surface area (Å²) < 4.78 is 8.55. The first-order valence-corrected chi connectivity index (χ1v) is 12.0. The molecule has 0 aliphatic rings. The Bertz CT molecular complexity index is 1650. The van der Waals surface area contributed by atoms with Crippen molar-refractivity contribution >= 4 is 33.7 Å². The van der Waals surface area contributed by atoms with E-state index in [4.69, 9.17) is 9.72 Å². The molecule has 0 fully saturated rings. The number of nitrogens with zero attached hydrogens (tertiary/aromatic N) is 8. The van der Waals surface area contributed by atoms with Crippen LogP contribution in [0.25, 0.3) is 38.8 Å². The van der Waals surface area contributed by atoms with Crippen LogP contribution in [0.1, 0.15) is 5.69 Å². The first kappa shape index (κ1) is 24.4. The number of aromatic nitrogens is 6. The molecule has 0 unspecified atom stereocenters. The molecule has 0 radical (unpaired) electrons. The molecule has 37 heavy (non-hydrogen) atoms. The quantitative estimate of drug-likeness (QED) is 0.338. The van der Waals surface area contributed by atoms with E-state index in [1.165, 1.54) is 0 Å². The Morgan fingerprint density at radius 3 is 2.41 bits per heavy atom. The first-order valence-electron chi connectivity index (χ1n) is 12.0. The second-order valence-electron chi connectivity index (χ2n) is 9.26. The summed E-state index contributed by atoms with van der Waals surface area (Å²) in [6.07, 6.45) is 5.36. The Kier molecular flexibility index (Phi) is 6.34. The van der Waals surface area contributed by atoms with E-state index in [0.717, 1.165) is 56.8 Å². The van der Waals surface area contributed by atoms with E-state index >= 15 is 0 Å². The van der Waals surface area contributed by atoms with Gasteiger partial charge in [-0.3, -0.25) is 14.1 Å². The van der Waals surface area contributed by atoms with Crippen LogP contribution in [0.2, 0.25) is 0 Å². The van der Waals surface area contributed by atoms with Gasteiger partial charge < -0.3 is 14.5 Å². The van der Waals surface area contributed by atoms with E-state index < -0.39 is 0 Å². The Morgan fingerprint density at radius 2 is 1.73 bits per heavy atom. The average Bonchev–Trinajstić information content (AvgIpc) is 3.16. The van der Waals surface area contributed by atoms with Gasteiger partial charge in [0.2, 0.25) is 5.95 Å². The van der Waals surface area contributed by atoms with Gasteiger partial charge in [0.1, 0.15) is 5.82 Å². The summed E-state index contributed by atoms with van der Waals surface area (Å²) in [5.74, 6) is 1.46. The molecular weight excluding hydrogens is 468 g/mol. The van der Waals surface area contributed by atoms with Crippen molar-refractivity contribution in [3.63, 3.8) is 0 Å². The monoisotopic (exact) mass is 498 g/mol. The molecule has 0 aliphatic carbocycles. The van der Waals surface area contributed by atoms with Crippen molar-refractivity contribution in [1.29, 1.82) is 0 Å². The van der Waals surface area contributed by atoms with Gasteiger partial charge in [0.05, 0.1) is 40.7 Å². The molecule has 0 saturated heterocycles. The fourth-order valence-electron chi connectivity index (χ4n) is 4.43. The molecule has 10 nitrogen and oxygen atoms in total. The molecule has 0 N–H and O–H groups in total. The van der Waals surface area contributed by atoms with Crippen LogP contribution < -0.4 is 15.5 Å². The van der Waals surface area contributed by atoms with E-state index in [9.17, 15) is 4.79 Å². The number of aryl methyl sites for hydroxylation is 2. The van der Waals surface area contributed by atoms with Gasteiger partial charge in [-0.25, -0.2) is 19.7 Å². The van der Waals surface area contributed by atoms with Crippen molar-refractivity contribution in [1.82, 2.24) is 29.1 Å². The van der Waals surface area contributed by atoms with Crippen LogP contribution in [0.15, 0.2) is 53.7 Å². The van der Waals surface area contributed by atoms with Crippen LogP contribution >= 0.6 is 0 Å². The maximum Gasteiger partial charge on any atom is 0.333 e. The van der Waals surface area contributed by atoms with Crippen LogP contribution in [0, 0.1) is 6.92 Å². The van der Waals surface area contributed by atoms with E-state index in [0.29, 0.717) is 12.6 Å². The molecule has 0 amide bonds. The molecule has 1 aromatic carbocycles. The highest BCUT2D eigenvalue weighted by Crippen LogP contribution is 2.30. The number of anilines is 2. The summed E-state index contributed by atoms with van der Waals surface area (Å²) in [6.45, 7) is 3.24. The van der Waals surface area contributed by atoms with Gasteiger partial charge in [-0.2, -0.15) is 0 Å². The van der Waals surface area contributed by atoms with Crippen molar-refractivity contribution in [2.45, 2.75) is 6.92 Å². The summed E-state index contributed by atoms with van der Waals surface area (Å²) in [7, 11) is 9.23. The lowest BCUT2D eigenvalue weighted by atomic mass is 10.1. The van der Waals surface area contributed by atoms with E-state index in [2.05, 4.69) is 15.0 Å². The molecule has 10 heteroatoms. The Hall–Kier alpha value is -4.31. The van der Waals surface area contributed by atoms with Gasteiger partial charge in [-0.05, 0) is 36.8 Å². The Morgan fingerprint density at radius 1 is 0.973 bits per heavy atom. The fourth-order valence-corrected chi connectivity index (χ4v) is 4.43. The predicted octanol–water partition coefficient (Wildman–Crippen LogP) is 3.19. The molecule has 190 valence electrons. The Balaban J connectivity index is 1.69. The number of benzene rings is 1. The third kappa shape index (κ3) is 4.29. The lowest BCUT2D eigenvalue weighted by Crippen LogP contribution is -2.24. The molecule has 4 aromatic heterocycles. The van der Waals surface area contributed by atoms with Crippen molar-refractivity contribution < 1.29 is 4.74 Å². The topological polar surface area (TPSA) is 94.2 Å². The molecule has 0 aliphatic heterocycles. The van der Waals surface area contributed by atoms with Gasteiger partial charge in [0.15, 0.2) is 0 Å². The second kappa shape index (κ2) is 9.62. The number of ether oxygens (including phenoxy) is 1. The van der Waals surface area contributed by atoms with Gasteiger partial charge in [0, 0.05) is 65.2 Å². The molecule has 0 bridgehead atoms. The largest absolute Gasteiger partial charge is 0.383 e. The van der Waals surface area contributed by atoms with E-state index in [-0.39, 0.29) is 5.69 Å². The van der Waals surface area contributed by atoms with Crippen LogP contribution in [0.3, 0.4) is 0 Å². The van der Waals surface area contributed by atoms with E-state index in [1.54, 1.807) is 29.5 Å². The van der Waals surface area contributed by atoms with Gasteiger partial charge in [0.25, 0.3) is 0 Å².